The molecule has 1 atom stereocenters. The highest BCUT2D eigenvalue weighted by Crippen LogP contribution is 2.12. The zero-order valence-electron chi connectivity index (χ0n) is 4.98. The fourth-order valence-corrected chi connectivity index (χ4v) is 1.10. The van der Waals surface area contributed by atoms with Crippen LogP contribution in [0.1, 0.15) is 25.7 Å². The van der Waals surface area contributed by atoms with Gasteiger partial charge < -0.3 is 11.1 Å². The minimum Gasteiger partial charge on any atom is -0.327 e. The zero-order chi connectivity index (χ0) is 5.98. The predicted octanol–water partition coefficient (Wildman–Crippen LogP) is 0.907. The molecule has 0 aromatic rings. The lowest BCUT2D eigenvalue weighted by atomic mass is 9.95. The number of hydrogen-bond donors (Lipinski definition) is 2. The van der Waals surface area contributed by atoms with Gasteiger partial charge in [0, 0.05) is 18.2 Å². The van der Waals surface area contributed by atoms with Crippen LogP contribution in [-0.4, -0.2) is 11.8 Å². The molecule has 1 fully saturated rings. The average molecular weight is 112 g/mol. The van der Waals surface area contributed by atoms with E-state index in [1.54, 1.807) is 0 Å². The maximum absolute atomic E-state index is 7.24. The van der Waals surface area contributed by atoms with Crippen LogP contribution < -0.4 is 5.73 Å². The van der Waals surface area contributed by atoms with Crippen molar-refractivity contribution in [3.8, 4) is 0 Å². The van der Waals surface area contributed by atoms with Gasteiger partial charge in [0.2, 0.25) is 0 Å². The summed E-state index contributed by atoms with van der Waals surface area (Å²) in [6, 6.07) is 0.288. The van der Waals surface area contributed by atoms with Gasteiger partial charge in [-0.1, -0.05) is 0 Å². The number of rotatable bonds is 0. The molecule has 46 valence electrons. The van der Waals surface area contributed by atoms with E-state index < -0.39 is 0 Å². The van der Waals surface area contributed by atoms with E-state index in [4.69, 9.17) is 11.1 Å². The summed E-state index contributed by atoms with van der Waals surface area (Å²) >= 11 is 0. The third-order valence-corrected chi connectivity index (χ3v) is 1.56. The Balaban J connectivity index is 2.34. The first-order valence-electron chi connectivity index (χ1n) is 3.11. The number of nitrogens with two attached hydrogens (primary N) is 1. The Morgan fingerprint density at radius 1 is 1.62 bits per heavy atom. The van der Waals surface area contributed by atoms with Gasteiger partial charge in [-0.05, 0) is 19.3 Å². The van der Waals surface area contributed by atoms with Crippen molar-refractivity contribution in [3.63, 3.8) is 0 Å². The second kappa shape index (κ2) is 2.27. The first-order chi connectivity index (χ1) is 3.79. The van der Waals surface area contributed by atoms with Gasteiger partial charge in [-0.15, -0.1) is 0 Å². The van der Waals surface area contributed by atoms with Gasteiger partial charge in [-0.2, -0.15) is 0 Å². The Morgan fingerprint density at radius 3 is 2.75 bits per heavy atom. The van der Waals surface area contributed by atoms with E-state index in [2.05, 4.69) is 0 Å². The number of nitrogens with one attached hydrogen (secondary N) is 1. The van der Waals surface area contributed by atoms with Gasteiger partial charge in [0.1, 0.15) is 0 Å². The topological polar surface area (TPSA) is 49.9 Å². The zero-order valence-corrected chi connectivity index (χ0v) is 4.98. The predicted molar refractivity (Wildman–Crippen MR) is 34.2 cm³/mol. The fourth-order valence-electron chi connectivity index (χ4n) is 1.10. The molecule has 0 amide bonds. The lowest BCUT2D eigenvalue weighted by molar-refractivity contribution is 0.568. The van der Waals surface area contributed by atoms with Gasteiger partial charge in [-0.3, -0.25) is 0 Å². The van der Waals surface area contributed by atoms with Crippen LogP contribution in [0.15, 0.2) is 0 Å². The van der Waals surface area contributed by atoms with Gasteiger partial charge >= 0.3 is 0 Å². The molecular weight excluding hydrogens is 100 g/mol. The molecule has 0 spiro atoms. The fraction of sp³-hybridized carbons (Fsp3) is 0.833. The standard InChI is InChI=1S/C6H12N2/c7-5-2-1-3-6(8)4-5/h5,8H,1-4,7H2. The molecule has 8 heavy (non-hydrogen) atoms. The Labute approximate surface area is 49.6 Å². The summed E-state index contributed by atoms with van der Waals surface area (Å²) in [5.41, 5.74) is 6.42. The third-order valence-electron chi connectivity index (χ3n) is 1.56. The van der Waals surface area contributed by atoms with Crippen molar-refractivity contribution in [3.05, 3.63) is 0 Å². The van der Waals surface area contributed by atoms with Crippen molar-refractivity contribution >= 4 is 5.71 Å². The summed E-state index contributed by atoms with van der Waals surface area (Å²) in [6.07, 6.45) is 4.05. The smallest absolute Gasteiger partial charge is 0.0105 e. The van der Waals surface area contributed by atoms with Gasteiger partial charge in [-0.25, -0.2) is 0 Å². The van der Waals surface area contributed by atoms with Crippen molar-refractivity contribution in [2.24, 2.45) is 5.73 Å². The average Bonchev–Trinajstić information content (AvgIpc) is 1.64. The summed E-state index contributed by atoms with van der Waals surface area (Å²) in [4.78, 5) is 0. The quantitative estimate of drug-likeness (QED) is 0.480. The first kappa shape index (κ1) is 5.76. The van der Waals surface area contributed by atoms with Crippen LogP contribution in [0.3, 0.4) is 0 Å². The van der Waals surface area contributed by atoms with E-state index in [9.17, 15) is 0 Å². The highest BCUT2D eigenvalue weighted by Gasteiger charge is 2.11. The molecule has 0 radical (unpaired) electrons. The van der Waals surface area contributed by atoms with Crippen LogP contribution in [0.25, 0.3) is 0 Å². The highest BCUT2D eigenvalue weighted by molar-refractivity contribution is 5.82. The van der Waals surface area contributed by atoms with Crippen LogP contribution in [0, 0.1) is 5.41 Å². The van der Waals surface area contributed by atoms with Crippen LogP contribution in [0.4, 0.5) is 0 Å². The molecule has 0 aromatic heterocycles. The molecule has 2 heteroatoms. The SMILES string of the molecule is N=C1CCCC(N)C1. The summed E-state index contributed by atoms with van der Waals surface area (Å²) < 4.78 is 0. The molecule has 1 unspecified atom stereocenters. The molecule has 0 saturated heterocycles. The van der Waals surface area contributed by atoms with Crippen molar-refractivity contribution in [1.29, 1.82) is 5.41 Å². The second-order valence-corrected chi connectivity index (χ2v) is 2.46. The van der Waals surface area contributed by atoms with Crippen molar-refractivity contribution in [2.75, 3.05) is 0 Å². The van der Waals surface area contributed by atoms with E-state index in [-0.39, 0.29) is 6.04 Å². The minimum atomic E-state index is 0.288. The van der Waals surface area contributed by atoms with E-state index in [1.165, 1.54) is 0 Å². The van der Waals surface area contributed by atoms with Crippen LogP contribution in [0.2, 0.25) is 0 Å². The molecule has 1 aliphatic rings. The molecular formula is C6H12N2. The molecule has 0 heterocycles. The third kappa shape index (κ3) is 1.30. The Bertz CT molecular complexity index is 98.7. The highest BCUT2D eigenvalue weighted by atomic mass is 14.6. The van der Waals surface area contributed by atoms with Gasteiger partial charge in [0.05, 0.1) is 0 Å². The molecule has 1 rings (SSSR count). The maximum Gasteiger partial charge on any atom is 0.0105 e. The molecule has 0 aromatic carbocycles. The molecule has 2 nitrogen and oxygen atoms in total. The lowest BCUT2D eigenvalue weighted by Crippen LogP contribution is -2.27. The van der Waals surface area contributed by atoms with Gasteiger partial charge in [0.15, 0.2) is 0 Å². The summed E-state index contributed by atoms with van der Waals surface area (Å²) in [5.74, 6) is 0. The lowest BCUT2D eigenvalue weighted by Gasteiger charge is -2.17. The second-order valence-electron chi connectivity index (χ2n) is 2.46. The Hall–Kier alpha value is -0.370. The summed E-state index contributed by atoms with van der Waals surface area (Å²) in [7, 11) is 0. The summed E-state index contributed by atoms with van der Waals surface area (Å²) in [5, 5.41) is 7.24. The molecule has 3 N–H and O–H groups in total. The van der Waals surface area contributed by atoms with Crippen molar-refractivity contribution in [2.45, 2.75) is 31.7 Å². The summed E-state index contributed by atoms with van der Waals surface area (Å²) in [6.45, 7) is 0. The Morgan fingerprint density at radius 2 is 2.38 bits per heavy atom. The maximum atomic E-state index is 7.24. The van der Waals surface area contributed by atoms with Gasteiger partial charge in [0.25, 0.3) is 0 Å². The molecule has 1 aliphatic carbocycles. The monoisotopic (exact) mass is 112 g/mol. The minimum absolute atomic E-state index is 0.288. The molecule has 0 bridgehead atoms. The van der Waals surface area contributed by atoms with Crippen molar-refractivity contribution < 1.29 is 0 Å². The molecule has 1 saturated carbocycles. The normalized spacial score (nSPS) is 30.6. The van der Waals surface area contributed by atoms with Crippen LogP contribution >= 0.6 is 0 Å². The van der Waals surface area contributed by atoms with Crippen LogP contribution in [0.5, 0.6) is 0 Å². The van der Waals surface area contributed by atoms with E-state index in [1.807, 2.05) is 0 Å². The number of hydrogen-bond acceptors (Lipinski definition) is 2. The van der Waals surface area contributed by atoms with Crippen LogP contribution in [-0.2, 0) is 0 Å². The molecule has 0 aliphatic heterocycles. The van der Waals surface area contributed by atoms with E-state index in [0.717, 1.165) is 31.4 Å². The largest absolute Gasteiger partial charge is 0.327 e. The van der Waals surface area contributed by atoms with E-state index in [0.29, 0.717) is 0 Å². The Kier molecular flexibility index (Phi) is 1.63. The van der Waals surface area contributed by atoms with Crippen molar-refractivity contribution in [1.82, 2.24) is 0 Å². The van der Waals surface area contributed by atoms with E-state index >= 15 is 0 Å². The first-order valence-corrected chi connectivity index (χ1v) is 3.11.